The molecule has 0 amide bonds. The van der Waals surface area contributed by atoms with E-state index in [1.807, 2.05) is 72.8 Å². The summed E-state index contributed by atoms with van der Waals surface area (Å²) in [6, 6.07) is 26.7. The molecule has 0 unspecified atom stereocenters. The summed E-state index contributed by atoms with van der Waals surface area (Å²) in [5.41, 5.74) is 2.56. The standard InChI is InChI=1S/C24H16Br2N2O4/c25-17-13-18-22(19(26)14-17)27-23(20-11-12-21(31-20)28(29)30)32-24(18,15-7-3-1-4-8-15)16-9-5-2-6-10-16/h1-14,23,27H/t23-/m0/s1. The maximum atomic E-state index is 11.2. The van der Waals surface area contributed by atoms with E-state index in [1.165, 1.54) is 6.07 Å². The number of ether oxygens (including phenoxy) is 1. The first-order valence-electron chi connectivity index (χ1n) is 9.78. The van der Waals surface area contributed by atoms with Crippen molar-refractivity contribution in [2.75, 3.05) is 5.32 Å². The first kappa shape index (κ1) is 20.9. The van der Waals surface area contributed by atoms with Crippen LogP contribution in [0.25, 0.3) is 0 Å². The predicted molar refractivity (Wildman–Crippen MR) is 127 cm³/mol. The molecule has 32 heavy (non-hydrogen) atoms. The molecule has 0 bridgehead atoms. The minimum Gasteiger partial charge on any atom is -0.401 e. The molecule has 0 aliphatic carbocycles. The van der Waals surface area contributed by atoms with Gasteiger partial charge in [0.2, 0.25) is 0 Å². The van der Waals surface area contributed by atoms with Gasteiger partial charge in [0.25, 0.3) is 0 Å². The number of furan rings is 1. The van der Waals surface area contributed by atoms with Crippen LogP contribution in [0.2, 0.25) is 0 Å². The van der Waals surface area contributed by atoms with E-state index in [0.29, 0.717) is 5.76 Å². The molecule has 6 nitrogen and oxygen atoms in total. The van der Waals surface area contributed by atoms with Crippen LogP contribution >= 0.6 is 31.9 Å². The number of nitro groups is 1. The van der Waals surface area contributed by atoms with E-state index in [2.05, 4.69) is 37.2 Å². The molecule has 0 saturated carbocycles. The number of anilines is 1. The Morgan fingerprint density at radius 2 is 1.53 bits per heavy atom. The Morgan fingerprint density at radius 3 is 2.09 bits per heavy atom. The molecule has 0 spiro atoms. The fourth-order valence-corrected chi connectivity index (χ4v) is 5.41. The van der Waals surface area contributed by atoms with Gasteiger partial charge < -0.3 is 14.5 Å². The van der Waals surface area contributed by atoms with Crippen molar-refractivity contribution in [1.82, 2.24) is 0 Å². The molecule has 0 radical (unpaired) electrons. The van der Waals surface area contributed by atoms with Crippen LogP contribution in [-0.4, -0.2) is 4.92 Å². The lowest BCUT2D eigenvalue weighted by molar-refractivity contribution is -0.402. The van der Waals surface area contributed by atoms with Gasteiger partial charge in [-0.1, -0.05) is 76.6 Å². The maximum Gasteiger partial charge on any atom is 0.433 e. The highest BCUT2D eigenvalue weighted by Crippen LogP contribution is 2.52. The second kappa shape index (κ2) is 8.20. The van der Waals surface area contributed by atoms with E-state index in [-0.39, 0.29) is 5.88 Å². The average molecular weight is 556 g/mol. The van der Waals surface area contributed by atoms with Gasteiger partial charge in [-0.15, -0.1) is 0 Å². The van der Waals surface area contributed by atoms with Crippen LogP contribution in [0.3, 0.4) is 0 Å². The van der Waals surface area contributed by atoms with Gasteiger partial charge >= 0.3 is 5.88 Å². The number of nitrogens with one attached hydrogen (secondary N) is 1. The minimum absolute atomic E-state index is 0.313. The third-order valence-electron chi connectivity index (χ3n) is 5.42. The Labute approximate surface area is 200 Å². The van der Waals surface area contributed by atoms with Crippen molar-refractivity contribution < 1.29 is 14.1 Å². The van der Waals surface area contributed by atoms with E-state index < -0.39 is 16.8 Å². The molecule has 1 aliphatic rings. The molecule has 8 heteroatoms. The number of halogens is 2. The van der Waals surface area contributed by atoms with Gasteiger partial charge in [0, 0.05) is 14.5 Å². The number of nitrogens with zero attached hydrogens (tertiary/aromatic N) is 1. The van der Waals surface area contributed by atoms with E-state index in [9.17, 15) is 10.1 Å². The SMILES string of the molecule is O=[N+]([O-])c1ccc([C@H]2Nc3c(Br)cc(Br)cc3C(c3ccccc3)(c3ccccc3)O2)o1. The summed E-state index contributed by atoms with van der Waals surface area (Å²) in [6.07, 6.45) is -0.769. The Balaban J connectivity index is 1.80. The molecule has 3 aromatic carbocycles. The van der Waals surface area contributed by atoms with Crippen LogP contribution in [0.1, 0.15) is 28.7 Å². The second-order valence-corrected chi connectivity index (χ2v) is 9.07. The molecule has 160 valence electrons. The fourth-order valence-electron chi connectivity index (χ4n) is 4.07. The zero-order valence-corrected chi connectivity index (χ0v) is 19.7. The number of fused-ring (bicyclic) bond motifs is 1. The molecular weight excluding hydrogens is 540 g/mol. The van der Waals surface area contributed by atoms with Crippen molar-refractivity contribution in [2.24, 2.45) is 0 Å². The average Bonchev–Trinajstić information content (AvgIpc) is 3.31. The summed E-state index contributed by atoms with van der Waals surface area (Å²) in [7, 11) is 0. The molecular formula is C24H16Br2N2O4. The van der Waals surface area contributed by atoms with Crippen LogP contribution in [0.15, 0.2) is 98.3 Å². The van der Waals surface area contributed by atoms with E-state index in [4.69, 9.17) is 9.15 Å². The third kappa shape index (κ3) is 3.44. The Hall–Kier alpha value is -2.94. The highest BCUT2D eigenvalue weighted by Gasteiger charge is 2.46. The van der Waals surface area contributed by atoms with E-state index in [1.54, 1.807) is 6.07 Å². The van der Waals surface area contributed by atoms with Gasteiger partial charge in [-0.2, -0.15) is 0 Å². The smallest absolute Gasteiger partial charge is 0.401 e. The Bertz CT molecular complexity index is 1250. The van der Waals surface area contributed by atoms with Crippen molar-refractivity contribution >= 4 is 43.4 Å². The minimum atomic E-state index is -0.998. The zero-order valence-electron chi connectivity index (χ0n) is 16.5. The van der Waals surface area contributed by atoms with Crippen molar-refractivity contribution in [3.05, 3.63) is 126 Å². The van der Waals surface area contributed by atoms with Crippen molar-refractivity contribution in [1.29, 1.82) is 0 Å². The normalized spacial score (nSPS) is 16.8. The molecule has 0 saturated heterocycles. The highest BCUT2D eigenvalue weighted by molar-refractivity contribution is 9.11. The Kier molecular flexibility index (Phi) is 5.36. The molecule has 1 atom stereocenters. The maximum absolute atomic E-state index is 11.2. The molecule has 1 aliphatic heterocycles. The zero-order chi connectivity index (χ0) is 22.3. The number of benzene rings is 3. The first-order chi connectivity index (χ1) is 15.5. The first-order valence-corrected chi connectivity index (χ1v) is 11.4. The van der Waals surface area contributed by atoms with E-state index in [0.717, 1.165) is 31.3 Å². The van der Waals surface area contributed by atoms with Gasteiger partial charge in [0.1, 0.15) is 10.5 Å². The molecule has 1 N–H and O–H groups in total. The van der Waals surface area contributed by atoms with Crippen LogP contribution < -0.4 is 5.32 Å². The van der Waals surface area contributed by atoms with Gasteiger partial charge in [-0.05, 0) is 45.3 Å². The molecule has 0 fully saturated rings. The molecule has 4 aromatic rings. The van der Waals surface area contributed by atoms with Crippen LogP contribution in [0, 0.1) is 10.1 Å². The predicted octanol–water partition coefficient (Wildman–Crippen LogP) is 7.15. The highest BCUT2D eigenvalue weighted by atomic mass is 79.9. The van der Waals surface area contributed by atoms with Crippen molar-refractivity contribution in [2.45, 2.75) is 11.8 Å². The van der Waals surface area contributed by atoms with Crippen molar-refractivity contribution in [3.63, 3.8) is 0 Å². The lowest BCUT2D eigenvalue weighted by Crippen LogP contribution is -2.41. The van der Waals surface area contributed by atoms with Gasteiger partial charge in [-0.25, -0.2) is 0 Å². The lowest BCUT2D eigenvalue weighted by atomic mass is 9.78. The van der Waals surface area contributed by atoms with Crippen molar-refractivity contribution in [3.8, 4) is 0 Å². The summed E-state index contributed by atoms with van der Waals surface area (Å²) in [5.74, 6) is -0.0236. The number of rotatable bonds is 4. The second-order valence-electron chi connectivity index (χ2n) is 7.30. The molecule has 5 rings (SSSR count). The van der Waals surface area contributed by atoms with Gasteiger partial charge in [-0.3, -0.25) is 10.1 Å². The summed E-state index contributed by atoms with van der Waals surface area (Å²) < 4.78 is 14.0. The van der Waals surface area contributed by atoms with Crippen LogP contribution in [0.5, 0.6) is 0 Å². The number of hydrogen-bond acceptors (Lipinski definition) is 5. The quantitative estimate of drug-likeness (QED) is 0.214. The summed E-state index contributed by atoms with van der Waals surface area (Å²) >= 11 is 7.28. The lowest BCUT2D eigenvalue weighted by Gasteiger charge is -2.44. The van der Waals surface area contributed by atoms with Gasteiger partial charge in [0.05, 0.1) is 11.8 Å². The topological polar surface area (TPSA) is 77.5 Å². The monoisotopic (exact) mass is 554 g/mol. The third-order valence-corrected chi connectivity index (χ3v) is 6.50. The van der Waals surface area contributed by atoms with E-state index >= 15 is 0 Å². The van der Waals surface area contributed by atoms with Gasteiger partial charge in [0.15, 0.2) is 12.0 Å². The molecule has 1 aromatic heterocycles. The summed E-state index contributed by atoms with van der Waals surface area (Å²) in [5, 5.41) is 14.5. The Morgan fingerprint density at radius 1 is 0.906 bits per heavy atom. The number of hydrogen-bond donors (Lipinski definition) is 1. The fraction of sp³-hybridized carbons (Fsp3) is 0.0833. The molecule has 2 heterocycles. The van der Waals surface area contributed by atoms with Crippen LogP contribution in [-0.2, 0) is 10.3 Å². The largest absolute Gasteiger partial charge is 0.433 e. The summed E-state index contributed by atoms with van der Waals surface area (Å²) in [4.78, 5) is 10.6. The summed E-state index contributed by atoms with van der Waals surface area (Å²) in [6.45, 7) is 0. The van der Waals surface area contributed by atoms with Crippen LogP contribution in [0.4, 0.5) is 11.6 Å².